The first-order chi connectivity index (χ1) is 21.0. The van der Waals surface area contributed by atoms with Crippen LogP contribution in [0, 0.1) is 11.2 Å². The molecule has 1 fully saturated rings. The van der Waals surface area contributed by atoms with Gasteiger partial charge in [-0.25, -0.2) is 4.39 Å². The van der Waals surface area contributed by atoms with Crippen LogP contribution in [0.3, 0.4) is 0 Å². The summed E-state index contributed by atoms with van der Waals surface area (Å²) in [7, 11) is 0. The Hall–Kier alpha value is -3.91. The average Bonchev–Trinajstić information content (AvgIpc) is 3.29. The van der Waals surface area contributed by atoms with E-state index in [1.165, 1.54) is 28.8 Å². The van der Waals surface area contributed by atoms with E-state index in [-0.39, 0.29) is 5.82 Å². The van der Waals surface area contributed by atoms with Crippen LogP contribution in [0.2, 0.25) is 5.02 Å². The standard InChI is InChI=1S/C35H37ClFN5O/c36-32-7-2-1-6-29(32)26-40-21-19-39(20-22-40)24-27-10-12-28(13-11-27)25-42-34-9-4-3-8-33(34)41(35(42)38)18-5-23-43-31-16-14-30(37)15-17-31/h1-4,6-17,38H,5,18-26H2. The zero-order valence-electron chi connectivity index (χ0n) is 24.3. The predicted molar refractivity (Wildman–Crippen MR) is 170 cm³/mol. The van der Waals surface area contributed by atoms with Gasteiger partial charge in [-0.15, -0.1) is 0 Å². The van der Waals surface area contributed by atoms with Crippen molar-refractivity contribution in [3.63, 3.8) is 0 Å². The summed E-state index contributed by atoms with van der Waals surface area (Å²) in [6.07, 6.45) is 0.741. The van der Waals surface area contributed by atoms with Crippen molar-refractivity contribution in [1.29, 1.82) is 5.41 Å². The van der Waals surface area contributed by atoms with Crippen LogP contribution in [0.1, 0.15) is 23.1 Å². The topological polar surface area (TPSA) is 49.4 Å². The van der Waals surface area contributed by atoms with E-state index in [2.05, 4.69) is 62.9 Å². The monoisotopic (exact) mass is 597 g/mol. The summed E-state index contributed by atoms with van der Waals surface area (Å²) in [5.41, 5.74) is 6.24. The molecule has 43 heavy (non-hydrogen) atoms. The molecule has 0 spiro atoms. The van der Waals surface area contributed by atoms with Gasteiger partial charge in [0.05, 0.1) is 24.2 Å². The summed E-state index contributed by atoms with van der Waals surface area (Å²) in [4.78, 5) is 4.99. The Bertz CT molecular complexity index is 1710. The van der Waals surface area contributed by atoms with Crippen LogP contribution in [0.15, 0.2) is 97.1 Å². The number of hydrogen-bond acceptors (Lipinski definition) is 4. The summed E-state index contributed by atoms with van der Waals surface area (Å²) < 4.78 is 23.0. The van der Waals surface area contributed by atoms with Crippen LogP contribution in [-0.2, 0) is 26.2 Å². The number of nitrogens with one attached hydrogen (secondary N) is 1. The smallest absolute Gasteiger partial charge is 0.203 e. The molecule has 0 aliphatic carbocycles. The Morgan fingerprint density at radius 3 is 1.93 bits per heavy atom. The minimum atomic E-state index is -0.274. The first kappa shape index (κ1) is 29.2. The number of hydrogen-bond donors (Lipinski definition) is 1. The second-order valence-electron chi connectivity index (χ2n) is 11.2. The minimum absolute atomic E-state index is 0.274. The van der Waals surface area contributed by atoms with Crippen LogP contribution in [0.4, 0.5) is 4.39 Å². The fourth-order valence-corrected chi connectivity index (χ4v) is 5.98. The number of aromatic nitrogens is 2. The van der Waals surface area contributed by atoms with E-state index in [1.807, 2.05) is 28.8 Å². The van der Waals surface area contributed by atoms with Crippen LogP contribution in [-0.4, -0.2) is 51.7 Å². The summed E-state index contributed by atoms with van der Waals surface area (Å²) in [6, 6.07) is 31.2. The van der Waals surface area contributed by atoms with Gasteiger partial charge in [0.25, 0.3) is 0 Å². The molecule has 2 heterocycles. The van der Waals surface area contributed by atoms with Crippen molar-refractivity contribution in [2.24, 2.45) is 0 Å². The number of rotatable bonds is 11. The van der Waals surface area contributed by atoms with Gasteiger partial charge in [-0.1, -0.05) is 66.2 Å². The lowest BCUT2D eigenvalue weighted by Crippen LogP contribution is -2.45. The highest BCUT2D eigenvalue weighted by molar-refractivity contribution is 6.31. The number of benzene rings is 4. The first-order valence-corrected chi connectivity index (χ1v) is 15.3. The van der Waals surface area contributed by atoms with Crippen LogP contribution < -0.4 is 10.4 Å². The summed E-state index contributed by atoms with van der Waals surface area (Å²) in [5, 5.41) is 9.83. The fraction of sp³-hybridized carbons (Fsp3) is 0.286. The van der Waals surface area contributed by atoms with Crippen molar-refractivity contribution in [2.75, 3.05) is 32.8 Å². The van der Waals surface area contributed by atoms with Gasteiger partial charge in [0.2, 0.25) is 5.62 Å². The summed E-state index contributed by atoms with van der Waals surface area (Å²) in [5.74, 6) is 0.378. The van der Waals surface area contributed by atoms with Gasteiger partial charge in [0, 0.05) is 50.8 Å². The van der Waals surface area contributed by atoms with E-state index < -0.39 is 0 Å². The molecule has 1 aliphatic heterocycles. The van der Waals surface area contributed by atoms with Crippen LogP contribution in [0.5, 0.6) is 5.75 Å². The maximum Gasteiger partial charge on any atom is 0.203 e. The highest BCUT2D eigenvalue weighted by atomic mass is 35.5. The zero-order chi connectivity index (χ0) is 29.6. The quantitative estimate of drug-likeness (QED) is 0.176. The van der Waals surface area contributed by atoms with Crippen molar-refractivity contribution < 1.29 is 9.13 Å². The van der Waals surface area contributed by atoms with Crippen molar-refractivity contribution in [2.45, 2.75) is 32.6 Å². The lowest BCUT2D eigenvalue weighted by atomic mass is 10.1. The maximum absolute atomic E-state index is 13.2. The number of fused-ring (bicyclic) bond motifs is 1. The van der Waals surface area contributed by atoms with Crippen molar-refractivity contribution >= 4 is 22.6 Å². The number of nitrogens with zero attached hydrogens (tertiary/aromatic N) is 4. The largest absolute Gasteiger partial charge is 0.494 e. The minimum Gasteiger partial charge on any atom is -0.494 e. The molecule has 4 aromatic carbocycles. The van der Waals surface area contributed by atoms with Gasteiger partial charge in [0.15, 0.2) is 0 Å². The normalized spacial score (nSPS) is 14.4. The van der Waals surface area contributed by atoms with Crippen LogP contribution in [0.25, 0.3) is 11.0 Å². The molecule has 5 aromatic rings. The fourth-order valence-electron chi connectivity index (χ4n) is 5.79. The second-order valence-corrected chi connectivity index (χ2v) is 11.6. The lowest BCUT2D eigenvalue weighted by molar-refractivity contribution is 0.122. The third-order valence-electron chi connectivity index (χ3n) is 8.17. The summed E-state index contributed by atoms with van der Waals surface area (Å²) >= 11 is 6.37. The van der Waals surface area contributed by atoms with E-state index in [0.717, 1.165) is 61.7 Å². The van der Waals surface area contributed by atoms with Crippen LogP contribution >= 0.6 is 11.6 Å². The number of ether oxygens (including phenoxy) is 1. The third kappa shape index (κ3) is 7.19. The van der Waals surface area contributed by atoms with E-state index in [4.69, 9.17) is 21.7 Å². The highest BCUT2D eigenvalue weighted by Crippen LogP contribution is 2.20. The van der Waals surface area contributed by atoms with Crippen molar-refractivity contribution in [1.82, 2.24) is 18.9 Å². The molecule has 0 unspecified atom stereocenters. The second kappa shape index (κ2) is 13.6. The molecule has 0 radical (unpaired) electrons. The number of piperazine rings is 1. The first-order valence-electron chi connectivity index (χ1n) is 14.9. The SMILES string of the molecule is N=c1n(CCCOc2ccc(F)cc2)c2ccccc2n1Cc1ccc(CN2CCN(Cc3ccccc3Cl)CC2)cc1. The van der Waals surface area contributed by atoms with E-state index in [9.17, 15) is 4.39 Å². The van der Waals surface area contributed by atoms with Gasteiger partial charge in [-0.2, -0.15) is 0 Å². The molecule has 8 heteroatoms. The molecule has 0 amide bonds. The number of aryl methyl sites for hydroxylation is 1. The molecule has 222 valence electrons. The third-order valence-corrected chi connectivity index (χ3v) is 8.54. The average molecular weight is 598 g/mol. The van der Waals surface area contributed by atoms with Gasteiger partial charge < -0.3 is 13.9 Å². The van der Waals surface area contributed by atoms with Gasteiger partial charge in [0.1, 0.15) is 11.6 Å². The molecular weight excluding hydrogens is 561 g/mol. The van der Waals surface area contributed by atoms with E-state index in [0.29, 0.717) is 31.1 Å². The molecular formula is C35H37ClFN5O. The van der Waals surface area contributed by atoms with Gasteiger partial charge in [-0.05, 0) is 65.6 Å². The van der Waals surface area contributed by atoms with E-state index >= 15 is 0 Å². The molecule has 0 bridgehead atoms. The molecule has 1 N–H and O–H groups in total. The molecule has 0 saturated carbocycles. The van der Waals surface area contributed by atoms with Gasteiger partial charge >= 0.3 is 0 Å². The number of imidazole rings is 1. The Balaban J connectivity index is 1.04. The molecule has 1 saturated heterocycles. The predicted octanol–water partition coefficient (Wildman–Crippen LogP) is 6.55. The Labute approximate surface area is 257 Å². The number of halogens is 2. The molecule has 0 atom stereocenters. The highest BCUT2D eigenvalue weighted by Gasteiger charge is 2.18. The maximum atomic E-state index is 13.2. The lowest BCUT2D eigenvalue weighted by Gasteiger charge is -2.35. The zero-order valence-corrected chi connectivity index (χ0v) is 25.0. The van der Waals surface area contributed by atoms with Gasteiger partial charge in [-0.3, -0.25) is 15.2 Å². The Morgan fingerprint density at radius 2 is 1.26 bits per heavy atom. The molecule has 1 aliphatic rings. The van der Waals surface area contributed by atoms with Crippen molar-refractivity contribution in [3.05, 3.63) is 130 Å². The van der Waals surface area contributed by atoms with Crippen molar-refractivity contribution in [3.8, 4) is 5.75 Å². The Kier molecular flexibility index (Phi) is 9.22. The molecule has 6 rings (SSSR count). The molecule has 6 nitrogen and oxygen atoms in total. The Morgan fingerprint density at radius 1 is 0.674 bits per heavy atom. The number of para-hydroxylation sites is 2. The van der Waals surface area contributed by atoms with E-state index in [1.54, 1.807) is 12.1 Å². The summed E-state index contributed by atoms with van der Waals surface area (Å²) in [6.45, 7) is 7.79. The molecule has 1 aromatic heterocycles.